The van der Waals surface area contributed by atoms with E-state index in [1.54, 1.807) is 18.4 Å². The van der Waals surface area contributed by atoms with E-state index in [9.17, 15) is 9.59 Å². The summed E-state index contributed by atoms with van der Waals surface area (Å²) in [5, 5.41) is 5.92. The second kappa shape index (κ2) is 8.67. The number of amides is 2. The quantitative estimate of drug-likeness (QED) is 0.801. The molecule has 1 aliphatic rings. The lowest BCUT2D eigenvalue weighted by Crippen LogP contribution is -2.34. The molecule has 1 aromatic carbocycles. The van der Waals surface area contributed by atoms with Crippen LogP contribution in [0.4, 0.5) is 5.69 Å². The third kappa shape index (κ3) is 4.95. The van der Waals surface area contributed by atoms with Crippen LogP contribution in [-0.4, -0.2) is 36.3 Å². The molecule has 0 bridgehead atoms. The lowest BCUT2D eigenvalue weighted by atomic mass is 10.1. The molecule has 0 atom stereocenters. The van der Waals surface area contributed by atoms with Gasteiger partial charge >= 0.3 is 0 Å². The SMILES string of the molecule is CN(CC(=O)Nc1ccccc1C(=O)NC1CCCC1)Cc1ccco1. The predicted octanol–water partition coefficient (Wildman–Crippen LogP) is 3.02. The number of rotatable bonds is 7. The number of hydrogen-bond donors (Lipinski definition) is 2. The monoisotopic (exact) mass is 355 g/mol. The molecule has 138 valence electrons. The van der Waals surface area contributed by atoms with Gasteiger partial charge in [0, 0.05) is 6.04 Å². The summed E-state index contributed by atoms with van der Waals surface area (Å²) in [6.45, 7) is 0.753. The standard InChI is InChI=1S/C20H25N3O3/c1-23(13-16-9-6-12-26-16)14-19(24)22-18-11-5-4-10-17(18)20(25)21-15-7-2-3-8-15/h4-6,9-12,15H,2-3,7-8,13-14H2,1H3,(H,21,25)(H,22,24). The number of carbonyl (C=O) groups is 2. The number of furan rings is 1. The van der Waals surface area contributed by atoms with E-state index in [1.807, 2.05) is 36.2 Å². The van der Waals surface area contributed by atoms with Crippen LogP contribution in [0.1, 0.15) is 41.8 Å². The molecule has 1 aromatic heterocycles. The third-order valence-electron chi connectivity index (χ3n) is 4.56. The third-order valence-corrected chi connectivity index (χ3v) is 4.56. The number of benzene rings is 1. The molecule has 1 fully saturated rings. The topological polar surface area (TPSA) is 74.6 Å². The highest BCUT2D eigenvalue weighted by Crippen LogP contribution is 2.20. The van der Waals surface area contributed by atoms with Gasteiger partial charge in [-0.1, -0.05) is 25.0 Å². The Morgan fingerprint density at radius 3 is 2.65 bits per heavy atom. The number of nitrogens with zero attached hydrogens (tertiary/aromatic N) is 1. The van der Waals surface area contributed by atoms with Crippen LogP contribution >= 0.6 is 0 Å². The smallest absolute Gasteiger partial charge is 0.253 e. The second-order valence-corrected chi connectivity index (χ2v) is 6.80. The highest BCUT2D eigenvalue weighted by atomic mass is 16.3. The number of para-hydroxylation sites is 1. The van der Waals surface area contributed by atoms with Gasteiger partial charge in [-0.2, -0.15) is 0 Å². The van der Waals surface area contributed by atoms with Crippen molar-refractivity contribution in [3.05, 3.63) is 54.0 Å². The Labute approximate surface area is 153 Å². The highest BCUT2D eigenvalue weighted by Gasteiger charge is 2.20. The van der Waals surface area contributed by atoms with E-state index in [4.69, 9.17) is 4.42 Å². The van der Waals surface area contributed by atoms with Gasteiger partial charge in [-0.15, -0.1) is 0 Å². The maximum absolute atomic E-state index is 12.6. The van der Waals surface area contributed by atoms with Gasteiger partial charge in [0.15, 0.2) is 0 Å². The summed E-state index contributed by atoms with van der Waals surface area (Å²) in [4.78, 5) is 26.8. The van der Waals surface area contributed by atoms with Crippen LogP contribution in [-0.2, 0) is 11.3 Å². The summed E-state index contributed by atoms with van der Waals surface area (Å²) < 4.78 is 5.29. The number of nitrogens with one attached hydrogen (secondary N) is 2. The van der Waals surface area contributed by atoms with Crippen LogP contribution in [0, 0.1) is 0 Å². The maximum Gasteiger partial charge on any atom is 0.253 e. The first-order valence-corrected chi connectivity index (χ1v) is 9.02. The normalized spacial score (nSPS) is 14.5. The molecule has 2 aromatic rings. The lowest BCUT2D eigenvalue weighted by molar-refractivity contribution is -0.117. The largest absolute Gasteiger partial charge is 0.468 e. The summed E-state index contributed by atoms with van der Waals surface area (Å²) in [5.74, 6) is 0.508. The average Bonchev–Trinajstić information content (AvgIpc) is 3.29. The Hall–Kier alpha value is -2.60. The Morgan fingerprint density at radius 2 is 1.92 bits per heavy atom. The minimum Gasteiger partial charge on any atom is -0.468 e. The summed E-state index contributed by atoms with van der Waals surface area (Å²) in [6.07, 6.45) is 5.98. The van der Waals surface area contributed by atoms with Crippen molar-refractivity contribution in [2.75, 3.05) is 18.9 Å². The van der Waals surface area contributed by atoms with Gasteiger partial charge in [-0.3, -0.25) is 14.5 Å². The molecule has 0 saturated heterocycles. The summed E-state index contributed by atoms with van der Waals surface area (Å²) in [5.41, 5.74) is 1.04. The van der Waals surface area contributed by atoms with Gasteiger partial charge in [0.2, 0.25) is 5.91 Å². The van der Waals surface area contributed by atoms with Crippen molar-refractivity contribution in [2.45, 2.75) is 38.3 Å². The minimum atomic E-state index is -0.167. The van der Waals surface area contributed by atoms with Gasteiger partial charge in [-0.25, -0.2) is 0 Å². The van der Waals surface area contributed by atoms with E-state index < -0.39 is 0 Å². The highest BCUT2D eigenvalue weighted by molar-refractivity contribution is 6.04. The van der Waals surface area contributed by atoms with Crippen molar-refractivity contribution in [1.82, 2.24) is 10.2 Å². The zero-order valence-electron chi connectivity index (χ0n) is 15.0. The number of likely N-dealkylation sites (N-methyl/N-ethyl adjacent to an activating group) is 1. The van der Waals surface area contributed by atoms with Crippen molar-refractivity contribution in [1.29, 1.82) is 0 Å². The van der Waals surface area contributed by atoms with E-state index in [0.29, 0.717) is 17.8 Å². The van der Waals surface area contributed by atoms with Crippen molar-refractivity contribution in [3.63, 3.8) is 0 Å². The maximum atomic E-state index is 12.6. The molecule has 0 spiro atoms. The predicted molar refractivity (Wildman–Crippen MR) is 99.8 cm³/mol. The molecule has 0 unspecified atom stereocenters. The molecule has 6 heteroatoms. The first kappa shape index (κ1) is 18.2. The van der Waals surface area contributed by atoms with Crippen LogP contribution in [0.3, 0.4) is 0 Å². The van der Waals surface area contributed by atoms with E-state index in [1.165, 1.54) is 0 Å². The molecule has 3 rings (SSSR count). The van der Waals surface area contributed by atoms with Gasteiger partial charge in [0.05, 0.1) is 30.6 Å². The molecular formula is C20H25N3O3. The van der Waals surface area contributed by atoms with Crippen molar-refractivity contribution >= 4 is 17.5 Å². The molecule has 1 heterocycles. The molecule has 1 saturated carbocycles. The van der Waals surface area contributed by atoms with Crippen LogP contribution in [0.2, 0.25) is 0 Å². The Morgan fingerprint density at radius 1 is 1.15 bits per heavy atom. The number of hydrogen-bond acceptors (Lipinski definition) is 4. The molecule has 0 radical (unpaired) electrons. The molecule has 6 nitrogen and oxygen atoms in total. The number of carbonyl (C=O) groups excluding carboxylic acids is 2. The Balaban J connectivity index is 1.58. The molecular weight excluding hydrogens is 330 g/mol. The molecule has 2 amide bonds. The Kier molecular flexibility index (Phi) is 6.07. The average molecular weight is 355 g/mol. The van der Waals surface area contributed by atoms with Crippen molar-refractivity contribution < 1.29 is 14.0 Å². The van der Waals surface area contributed by atoms with Crippen LogP contribution in [0.25, 0.3) is 0 Å². The van der Waals surface area contributed by atoms with E-state index in [2.05, 4.69) is 10.6 Å². The van der Waals surface area contributed by atoms with Gasteiger partial charge in [-0.05, 0) is 44.2 Å². The molecule has 26 heavy (non-hydrogen) atoms. The van der Waals surface area contributed by atoms with E-state index in [0.717, 1.165) is 31.4 Å². The van der Waals surface area contributed by atoms with Crippen molar-refractivity contribution in [3.8, 4) is 0 Å². The van der Waals surface area contributed by atoms with Crippen molar-refractivity contribution in [2.24, 2.45) is 0 Å². The van der Waals surface area contributed by atoms with Gasteiger partial charge in [0.1, 0.15) is 5.76 Å². The van der Waals surface area contributed by atoms with Gasteiger partial charge in [0.25, 0.3) is 5.91 Å². The minimum absolute atomic E-state index is 0.128. The fourth-order valence-electron chi connectivity index (χ4n) is 3.28. The lowest BCUT2D eigenvalue weighted by Gasteiger charge is -2.17. The zero-order chi connectivity index (χ0) is 18.4. The first-order chi connectivity index (χ1) is 12.6. The van der Waals surface area contributed by atoms with Crippen LogP contribution < -0.4 is 10.6 Å². The van der Waals surface area contributed by atoms with Crippen LogP contribution in [0.5, 0.6) is 0 Å². The number of anilines is 1. The molecule has 1 aliphatic carbocycles. The first-order valence-electron chi connectivity index (χ1n) is 9.02. The van der Waals surface area contributed by atoms with E-state index >= 15 is 0 Å². The summed E-state index contributed by atoms with van der Waals surface area (Å²) >= 11 is 0. The summed E-state index contributed by atoms with van der Waals surface area (Å²) in [6, 6.07) is 11.1. The second-order valence-electron chi connectivity index (χ2n) is 6.80. The zero-order valence-corrected chi connectivity index (χ0v) is 15.0. The molecule has 0 aliphatic heterocycles. The fourth-order valence-corrected chi connectivity index (χ4v) is 3.28. The Bertz CT molecular complexity index is 737. The van der Waals surface area contributed by atoms with E-state index in [-0.39, 0.29) is 24.4 Å². The molecule has 2 N–H and O–H groups in total. The fraction of sp³-hybridized carbons (Fsp3) is 0.400. The van der Waals surface area contributed by atoms with Crippen LogP contribution in [0.15, 0.2) is 47.1 Å². The summed E-state index contributed by atoms with van der Waals surface area (Å²) in [7, 11) is 1.85. The van der Waals surface area contributed by atoms with Gasteiger partial charge < -0.3 is 15.1 Å².